The Balaban J connectivity index is 1.06. The molecular weight excluding hydrogens is 569 g/mol. The van der Waals surface area contributed by atoms with Crippen LogP contribution in [0.15, 0.2) is 188 Å². The highest BCUT2D eigenvalue weighted by atomic mass is 15.1. The molecule has 2 heteroatoms. The lowest BCUT2D eigenvalue weighted by Crippen LogP contribution is -2.09. The Bertz CT molecular complexity index is 1990. The van der Waals surface area contributed by atoms with Crippen LogP contribution in [0.25, 0.3) is 23.3 Å². The highest BCUT2D eigenvalue weighted by Crippen LogP contribution is 2.36. The number of nitrogens with zero attached hydrogens (tertiary/aromatic N) is 2. The van der Waals surface area contributed by atoms with Crippen molar-refractivity contribution >= 4 is 46.3 Å². The molecule has 0 saturated carbocycles. The zero-order valence-corrected chi connectivity index (χ0v) is 26.4. The van der Waals surface area contributed by atoms with Gasteiger partial charge in [0.05, 0.1) is 0 Å². The van der Waals surface area contributed by atoms with Crippen LogP contribution in [0.5, 0.6) is 0 Å². The molecule has 0 fully saturated rings. The van der Waals surface area contributed by atoms with Gasteiger partial charge in [-0.3, -0.25) is 0 Å². The summed E-state index contributed by atoms with van der Waals surface area (Å²) in [7, 11) is 0. The van der Waals surface area contributed by atoms with E-state index in [-0.39, 0.29) is 0 Å². The first kappa shape index (κ1) is 29.6. The summed E-state index contributed by atoms with van der Waals surface area (Å²) < 4.78 is 0. The lowest BCUT2D eigenvalue weighted by Gasteiger charge is -2.25. The van der Waals surface area contributed by atoms with Gasteiger partial charge in [-0.2, -0.15) is 0 Å². The maximum absolute atomic E-state index is 2.30. The first-order valence-electron chi connectivity index (χ1n) is 16.0. The van der Waals surface area contributed by atoms with Crippen LogP contribution in [0.2, 0.25) is 0 Å². The Morgan fingerprint density at radius 3 is 0.957 bits per heavy atom. The summed E-state index contributed by atoms with van der Waals surface area (Å²) in [4.78, 5) is 4.57. The average molecular weight is 605 g/mol. The fourth-order valence-electron chi connectivity index (χ4n) is 5.84. The van der Waals surface area contributed by atoms with Crippen LogP contribution >= 0.6 is 0 Å². The van der Waals surface area contributed by atoms with E-state index in [9.17, 15) is 0 Å². The van der Waals surface area contributed by atoms with Crippen molar-refractivity contribution in [3.63, 3.8) is 0 Å². The molecule has 0 heterocycles. The van der Waals surface area contributed by atoms with Crippen molar-refractivity contribution in [1.29, 1.82) is 0 Å². The Morgan fingerprint density at radius 1 is 0.298 bits per heavy atom. The van der Waals surface area contributed by atoms with Crippen molar-refractivity contribution in [2.45, 2.75) is 6.92 Å². The molecule has 0 unspecified atom stereocenters. The number of para-hydroxylation sites is 3. The second-order valence-electron chi connectivity index (χ2n) is 11.6. The van der Waals surface area contributed by atoms with Crippen LogP contribution in [-0.4, -0.2) is 0 Å². The highest BCUT2D eigenvalue weighted by molar-refractivity contribution is 5.80. The predicted molar refractivity (Wildman–Crippen MR) is 201 cm³/mol. The van der Waals surface area contributed by atoms with Crippen molar-refractivity contribution in [3.8, 4) is 11.1 Å². The SMILES string of the molecule is Cc1ccc(N(c2ccccc2)c2ccc(-c3ccc(/C=C/c4ccc(N(c5ccccc5)c5ccccc5)cc4)cc3)cc2)cc1. The standard InChI is InChI=1S/C45H36N2/c1-35-17-29-43(30-18-35)47(42-15-9-4-10-16-42)45-33-27-39(28-34-45)38-25-21-36(22-26-38)19-20-37-23-31-44(32-24-37)46(40-11-5-2-6-12-40)41-13-7-3-8-14-41/h2-34H,1H3/b20-19+. The van der Waals surface area contributed by atoms with Gasteiger partial charge in [-0.05, 0) is 102 Å². The van der Waals surface area contributed by atoms with E-state index in [0.717, 1.165) is 39.7 Å². The summed E-state index contributed by atoms with van der Waals surface area (Å²) in [5, 5.41) is 0. The number of anilines is 6. The quantitative estimate of drug-likeness (QED) is 0.151. The van der Waals surface area contributed by atoms with Gasteiger partial charge in [0.1, 0.15) is 0 Å². The molecule has 7 aromatic carbocycles. The Labute approximate surface area is 278 Å². The van der Waals surface area contributed by atoms with Gasteiger partial charge in [-0.1, -0.05) is 133 Å². The van der Waals surface area contributed by atoms with Gasteiger partial charge in [0.25, 0.3) is 0 Å². The topological polar surface area (TPSA) is 6.48 Å². The van der Waals surface area contributed by atoms with Gasteiger partial charge < -0.3 is 9.80 Å². The Hall–Kier alpha value is -6.12. The van der Waals surface area contributed by atoms with E-state index in [2.05, 4.69) is 217 Å². The minimum absolute atomic E-state index is 1.13. The Kier molecular flexibility index (Phi) is 8.74. The third-order valence-corrected chi connectivity index (χ3v) is 8.32. The summed E-state index contributed by atoms with van der Waals surface area (Å²) in [6.07, 6.45) is 4.35. The van der Waals surface area contributed by atoms with Gasteiger partial charge in [0.15, 0.2) is 0 Å². The third kappa shape index (κ3) is 6.93. The highest BCUT2D eigenvalue weighted by Gasteiger charge is 2.13. The fraction of sp³-hybridized carbons (Fsp3) is 0.0222. The van der Waals surface area contributed by atoms with Crippen LogP contribution in [0.1, 0.15) is 16.7 Å². The van der Waals surface area contributed by atoms with Crippen LogP contribution in [0.3, 0.4) is 0 Å². The molecule has 0 saturated heterocycles. The first-order chi connectivity index (χ1) is 23.2. The second-order valence-corrected chi connectivity index (χ2v) is 11.6. The normalized spacial score (nSPS) is 11.0. The monoisotopic (exact) mass is 604 g/mol. The third-order valence-electron chi connectivity index (χ3n) is 8.32. The lowest BCUT2D eigenvalue weighted by atomic mass is 10.0. The van der Waals surface area contributed by atoms with E-state index >= 15 is 0 Å². The van der Waals surface area contributed by atoms with E-state index in [4.69, 9.17) is 0 Å². The van der Waals surface area contributed by atoms with Gasteiger partial charge in [-0.25, -0.2) is 0 Å². The van der Waals surface area contributed by atoms with E-state index < -0.39 is 0 Å². The molecule has 0 bridgehead atoms. The number of aryl methyl sites for hydroxylation is 1. The molecule has 0 N–H and O–H groups in total. The molecule has 226 valence electrons. The number of hydrogen-bond donors (Lipinski definition) is 0. The van der Waals surface area contributed by atoms with Crippen molar-refractivity contribution in [3.05, 3.63) is 205 Å². The summed E-state index contributed by atoms with van der Waals surface area (Å²) in [5.74, 6) is 0. The molecular formula is C45H36N2. The summed E-state index contributed by atoms with van der Waals surface area (Å²) in [5.41, 5.74) is 12.8. The van der Waals surface area contributed by atoms with Crippen LogP contribution in [0, 0.1) is 6.92 Å². The van der Waals surface area contributed by atoms with Gasteiger partial charge in [-0.15, -0.1) is 0 Å². The van der Waals surface area contributed by atoms with Crippen LogP contribution in [0.4, 0.5) is 34.1 Å². The maximum atomic E-state index is 2.30. The Morgan fingerprint density at radius 2 is 0.574 bits per heavy atom. The molecule has 0 aliphatic carbocycles. The number of benzene rings is 7. The first-order valence-corrected chi connectivity index (χ1v) is 16.0. The van der Waals surface area contributed by atoms with Crippen molar-refractivity contribution in [1.82, 2.24) is 0 Å². The van der Waals surface area contributed by atoms with Gasteiger partial charge >= 0.3 is 0 Å². The molecule has 47 heavy (non-hydrogen) atoms. The van der Waals surface area contributed by atoms with Crippen LogP contribution in [-0.2, 0) is 0 Å². The predicted octanol–water partition coefficient (Wildman–Crippen LogP) is 12.8. The smallest absolute Gasteiger partial charge is 0.0462 e. The molecule has 0 aromatic heterocycles. The summed E-state index contributed by atoms with van der Waals surface area (Å²) in [6.45, 7) is 2.12. The van der Waals surface area contributed by atoms with E-state index in [0.29, 0.717) is 0 Å². The average Bonchev–Trinajstić information content (AvgIpc) is 3.14. The molecule has 0 amide bonds. The summed E-state index contributed by atoms with van der Waals surface area (Å²) in [6, 6.07) is 66.5. The zero-order chi connectivity index (χ0) is 31.8. The molecule has 7 aromatic rings. The van der Waals surface area contributed by atoms with Crippen molar-refractivity contribution in [2.75, 3.05) is 9.80 Å². The summed E-state index contributed by atoms with van der Waals surface area (Å²) >= 11 is 0. The molecule has 0 aliphatic heterocycles. The van der Waals surface area contributed by atoms with E-state index in [1.54, 1.807) is 0 Å². The number of rotatable bonds is 9. The largest absolute Gasteiger partial charge is 0.311 e. The van der Waals surface area contributed by atoms with E-state index in [1.165, 1.54) is 22.3 Å². The minimum Gasteiger partial charge on any atom is -0.311 e. The number of hydrogen-bond acceptors (Lipinski definition) is 2. The van der Waals surface area contributed by atoms with E-state index in [1.807, 2.05) is 0 Å². The van der Waals surface area contributed by atoms with Crippen LogP contribution < -0.4 is 9.80 Å². The molecule has 0 spiro atoms. The molecule has 0 atom stereocenters. The molecule has 7 rings (SSSR count). The lowest BCUT2D eigenvalue weighted by molar-refractivity contribution is 1.27. The molecule has 0 aliphatic rings. The molecule has 2 nitrogen and oxygen atoms in total. The second kappa shape index (κ2) is 13.9. The fourth-order valence-corrected chi connectivity index (χ4v) is 5.84. The van der Waals surface area contributed by atoms with Crippen molar-refractivity contribution < 1.29 is 0 Å². The molecule has 0 radical (unpaired) electrons. The van der Waals surface area contributed by atoms with Gasteiger partial charge in [0.2, 0.25) is 0 Å². The zero-order valence-electron chi connectivity index (χ0n) is 26.4. The van der Waals surface area contributed by atoms with Crippen molar-refractivity contribution in [2.24, 2.45) is 0 Å². The minimum atomic E-state index is 1.13. The maximum Gasteiger partial charge on any atom is 0.0462 e. The van der Waals surface area contributed by atoms with Gasteiger partial charge in [0, 0.05) is 34.1 Å².